The molecule has 0 unspecified atom stereocenters. The Hall–Kier alpha value is -0.670. The molecule has 0 aliphatic heterocycles. The number of aromatic nitrogens is 2. The number of nitrogens with one attached hydrogen (secondary N) is 1. The van der Waals surface area contributed by atoms with Crippen molar-refractivity contribution in [2.45, 2.75) is 6.42 Å². The van der Waals surface area contributed by atoms with E-state index in [9.17, 15) is 0 Å². The summed E-state index contributed by atoms with van der Waals surface area (Å²) in [7, 11) is 0. The zero-order chi connectivity index (χ0) is 12.3. The molecule has 7 heteroatoms. The number of benzene rings is 1. The first-order valence-corrected chi connectivity index (χ1v) is 6.81. The Morgan fingerprint density at radius 3 is 2.94 bits per heavy atom. The molecule has 1 heterocycles. The summed E-state index contributed by atoms with van der Waals surface area (Å²) in [5.74, 6) is 0.539. The molecule has 0 aliphatic carbocycles. The first-order chi connectivity index (χ1) is 8.19. The standard InChI is InChI=1S/C10H10BrIN4O/c11-7-5-6(12)1-2-8(7)14-10-16-15-9(17-10)3-4-13/h1-2,5H,3-4,13H2,(H,14,16). The van der Waals surface area contributed by atoms with Gasteiger partial charge in [0, 0.05) is 21.0 Å². The molecule has 0 saturated carbocycles. The van der Waals surface area contributed by atoms with Gasteiger partial charge in [0.05, 0.1) is 5.69 Å². The fourth-order valence-electron chi connectivity index (χ4n) is 1.23. The van der Waals surface area contributed by atoms with Crippen LogP contribution in [0.2, 0.25) is 0 Å². The topological polar surface area (TPSA) is 77.0 Å². The van der Waals surface area contributed by atoms with Gasteiger partial charge in [0.1, 0.15) is 0 Å². The van der Waals surface area contributed by atoms with Gasteiger partial charge in [-0.2, -0.15) is 0 Å². The van der Waals surface area contributed by atoms with Crippen molar-refractivity contribution < 1.29 is 4.42 Å². The molecule has 2 aromatic rings. The molecule has 1 aromatic carbocycles. The second kappa shape index (κ2) is 5.78. The van der Waals surface area contributed by atoms with Crippen LogP contribution in [-0.2, 0) is 6.42 Å². The van der Waals surface area contributed by atoms with Crippen molar-refractivity contribution in [3.63, 3.8) is 0 Å². The third-order valence-electron chi connectivity index (χ3n) is 2.00. The van der Waals surface area contributed by atoms with Crippen LogP contribution < -0.4 is 11.1 Å². The molecule has 0 amide bonds. The molecule has 0 fully saturated rings. The molecule has 17 heavy (non-hydrogen) atoms. The van der Waals surface area contributed by atoms with E-state index in [2.05, 4.69) is 54.0 Å². The van der Waals surface area contributed by atoms with Gasteiger partial charge in [0.15, 0.2) is 0 Å². The summed E-state index contributed by atoms with van der Waals surface area (Å²) in [5.41, 5.74) is 6.29. The minimum absolute atomic E-state index is 0.371. The Kier molecular flexibility index (Phi) is 4.35. The zero-order valence-corrected chi connectivity index (χ0v) is 12.5. The number of nitrogens with two attached hydrogens (primary N) is 1. The Morgan fingerprint density at radius 2 is 2.24 bits per heavy atom. The molecular formula is C10H10BrIN4O. The zero-order valence-electron chi connectivity index (χ0n) is 8.78. The van der Waals surface area contributed by atoms with Crippen LogP contribution in [-0.4, -0.2) is 16.7 Å². The van der Waals surface area contributed by atoms with Crippen LogP contribution >= 0.6 is 38.5 Å². The van der Waals surface area contributed by atoms with Crippen molar-refractivity contribution in [3.8, 4) is 0 Å². The largest absolute Gasteiger partial charge is 0.408 e. The molecule has 2 rings (SSSR count). The maximum Gasteiger partial charge on any atom is 0.320 e. The van der Waals surface area contributed by atoms with Crippen LogP contribution in [0.25, 0.3) is 0 Å². The Labute approximate surface area is 120 Å². The summed E-state index contributed by atoms with van der Waals surface area (Å²) in [6.45, 7) is 0.495. The van der Waals surface area contributed by atoms with Crippen molar-refractivity contribution in [1.29, 1.82) is 0 Å². The van der Waals surface area contributed by atoms with E-state index in [1.807, 2.05) is 18.2 Å². The van der Waals surface area contributed by atoms with Crippen molar-refractivity contribution in [1.82, 2.24) is 10.2 Å². The van der Waals surface area contributed by atoms with Gasteiger partial charge in [0.25, 0.3) is 0 Å². The van der Waals surface area contributed by atoms with Gasteiger partial charge < -0.3 is 15.5 Å². The fourth-order valence-corrected chi connectivity index (χ4v) is 2.63. The normalized spacial score (nSPS) is 10.5. The summed E-state index contributed by atoms with van der Waals surface area (Å²) >= 11 is 5.71. The van der Waals surface area contributed by atoms with Crippen molar-refractivity contribution in [3.05, 3.63) is 32.1 Å². The van der Waals surface area contributed by atoms with Crippen LogP contribution in [0.1, 0.15) is 5.89 Å². The minimum atomic E-state index is 0.371. The lowest BCUT2D eigenvalue weighted by molar-refractivity contribution is 0.510. The average Bonchev–Trinajstić information content (AvgIpc) is 2.71. The molecule has 0 aliphatic rings. The predicted octanol–water partition coefficient (Wildman–Crippen LogP) is 2.68. The predicted molar refractivity (Wildman–Crippen MR) is 77.2 cm³/mol. The average molecular weight is 409 g/mol. The Bertz CT molecular complexity index is 517. The van der Waals surface area contributed by atoms with E-state index in [-0.39, 0.29) is 0 Å². The molecule has 0 radical (unpaired) electrons. The summed E-state index contributed by atoms with van der Waals surface area (Å²) in [6.07, 6.45) is 0.586. The number of hydrogen-bond donors (Lipinski definition) is 2. The fraction of sp³-hybridized carbons (Fsp3) is 0.200. The maximum absolute atomic E-state index is 5.41. The highest BCUT2D eigenvalue weighted by molar-refractivity contribution is 14.1. The highest BCUT2D eigenvalue weighted by Gasteiger charge is 2.07. The van der Waals surface area contributed by atoms with Gasteiger partial charge in [-0.05, 0) is 56.7 Å². The number of anilines is 2. The lowest BCUT2D eigenvalue weighted by atomic mass is 10.3. The minimum Gasteiger partial charge on any atom is -0.408 e. The maximum atomic E-state index is 5.41. The molecule has 90 valence electrons. The third kappa shape index (κ3) is 3.39. The van der Waals surface area contributed by atoms with Crippen molar-refractivity contribution in [2.75, 3.05) is 11.9 Å². The highest BCUT2D eigenvalue weighted by Crippen LogP contribution is 2.26. The molecule has 0 atom stereocenters. The van der Waals surface area contributed by atoms with Gasteiger partial charge >= 0.3 is 6.01 Å². The summed E-state index contributed by atoms with van der Waals surface area (Å²) in [5, 5.41) is 10.8. The van der Waals surface area contributed by atoms with Crippen LogP contribution in [0.4, 0.5) is 11.7 Å². The van der Waals surface area contributed by atoms with Crippen molar-refractivity contribution >= 4 is 50.2 Å². The van der Waals surface area contributed by atoms with Gasteiger partial charge in [-0.25, -0.2) is 0 Å². The Morgan fingerprint density at radius 1 is 1.41 bits per heavy atom. The quantitative estimate of drug-likeness (QED) is 0.760. The number of hydrogen-bond acceptors (Lipinski definition) is 5. The number of rotatable bonds is 4. The van der Waals surface area contributed by atoms with Crippen LogP contribution in [0.5, 0.6) is 0 Å². The number of nitrogens with zero attached hydrogens (tertiary/aromatic N) is 2. The first kappa shape index (κ1) is 12.8. The molecule has 3 N–H and O–H groups in total. The monoisotopic (exact) mass is 408 g/mol. The van der Waals surface area contributed by atoms with E-state index in [1.165, 1.54) is 0 Å². The SMILES string of the molecule is NCCc1nnc(Nc2ccc(I)cc2Br)o1. The Balaban J connectivity index is 2.13. The van der Waals surface area contributed by atoms with Gasteiger partial charge in [-0.1, -0.05) is 5.10 Å². The van der Waals surface area contributed by atoms with Crippen LogP contribution in [0.3, 0.4) is 0 Å². The van der Waals surface area contributed by atoms with Crippen molar-refractivity contribution in [2.24, 2.45) is 5.73 Å². The van der Waals surface area contributed by atoms with Gasteiger partial charge in [0.2, 0.25) is 5.89 Å². The molecule has 5 nitrogen and oxygen atoms in total. The lowest BCUT2D eigenvalue weighted by Gasteiger charge is -2.04. The smallest absolute Gasteiger partial charge is 0.320 e. The summed E-state index contributed by atoms with van der Waals surface area (Å²) in [4.78, 5) is 0. The van der Waals surface area contributed by atoms with E-state index in [0.717, 1.165) is 13.7 Å². The molecular weight excluding hydrogens is 399 g/mol. The second-order valence-electron chi connectivity index (χ2n) is 3.29. The van der Waals surface area contributed by atoms with Gasteiger partial charge in [-0.3, -0.25) is 0 Å². The second-order valence-corrected chi connectivity index (χ2v) is 5.39. The van der Waals surface area contributed by atoms with E-state index in [1.54, 1.807) is 0 Å². The van der Waals surface area contributed by atoms with Gasteiger partial charge in [-0.15, -0.1) is 5.10 Å². The van der Waals surface area contributed by atoms with E-state index in [4.69, 9.17) is 10.2 Å². The van der Waals surface area contributed by atoms with Crippen LogP contribution in [0.15, 0.2) is 27.1 Å². The summed E-state index contributed by atoms with van der Waals surface area (Å²) < 4.78 is 7.47. The molecule has 0 saturated heterocycles. The van der Waals surface area contributed by atoms with E-state index >= 15 is 0 Å². The molecule has 1 aromatic heterocycles. The van der Waals surface area contributed by atoms with E-state index < -0.39 is 0 Å². The lowest BCUT2D eigenvalue weighted by Crippen LogP contribution is -2.02. The molecule has 0 spiro atoms. The molecule has 0 bridgehead atoms. The third-order valence-corrected chi connectivity index (χ3v) is 3.32. The first-order valence-electron chi connectivity index (χ1n) is 4.93. The number of halogens is 2. The highest BCUT2D eigenvalue weighted by atomic mass is 127. The van der Waals surface area contributed by atoms with E-state index in [0.29, 0.717) is 24.9 Å². The summed E-state index contributed by atoms with van der Waals surface area (Å²) in [6, 6.07) is 6.30. The van der Waals surface area contributed by atoms with Crippen LogP contribution in [0, 0.1) is 3.57 Å².